The van der Waals surface area contributed by atoms with E-state index in [2.05, 4.69) is 26.2 Å². The zero-order valence-corrected chi connectivity index (χ0v) is 16.7. The summed E-state index contributed by atoms with van der Waals surface area (Å²) in [6.45, 7) is 6.44. The summed E-state index contributed by atoms with van der Waals surface area (Å²) in [5.74, 6) is 1.14. The third kappa shape index (κ3) is 5.46. The Morgan fingerprint density at radius 1 is 1.11 bits per heavy atom. The van der Waals surface area contributed by atoms with Gasteiger partial charge in [0, 0.05) is 52.9 Å². The predicted octanol–water partition coefficient (Wildman–Crippen LogP) is 1.26. The molecular formula is C21H30N6O. The number of likely N-dealkylation sites (tertiary alicyclic amines) is 1. The van der Waals surface area contributed by atoms with Crippen LogP contribution in [0, 0.1) is 11.3 Å². The molecule has 0 unspecified atom stereocenters. The molecule has 0 aliphatic carbocycles. The second-order valence-corrected chi connectivity index (χ2v) is 7.42. The summed E-state index contributed by atoms with van der Waals surface area (Å²) >= 11 is 0. The number of piperazine rings is 1. The van der Waals surface area contributed by atoms with Gasteiger partial charge in [0.05, 0.1) is 18.2 Å². The number of guanidine groups is 1. The van der Waals surface area contributed by atoms with Crippen LogP contribution in [0.5, 0.6) is 0 Å². The highest BCUT2D eigenvalue weighted by molar-refractivity contribution is 5.80. The van der Waals surface area contributed by atoms with Crippen molar-refractivity contribution in [2.75, 3.05) is 52.9 Å². The molecule has 0 aromatic heterocycles. The van der Waals surface area contributed by atoms with E-state index in [0.29, 0.717) is 18.7 Å². The first-order valence-electron chi connectivity index (χ1n) is 10.1. The van der Waals surface area contributed by atoms with Crippen molar-refractivity contribution in [1.82, 2.24) is 20.0 Å². The van der Waals surface area contributed by atoms with Gasteiger partial charge in [0.15, 0.2) is 5.96 Å². The summed E-state index contributed by atoms with van der Waals surface area (Å²) in [5.41, 5.74) is 1.73. The number of carbonyl (C=O) groups excluding carboxylic acids is 1. The Bertz CT molecular complexity index is 727. The lowest BCUT2D eigenvalue weighted by Gasteiger charge is -2.37. The third-order valence-electron chi connectivity index (χ3n) is 5.46. The molecule has 1 aromatic rings. The van der Waals surface area contributed by atoms with E-state index in [9.17, 15) is 4.79 Å². The van der Waals surface area contributed by atoms with Gasteiger partial charge in [0.1, 0.15) is 0 Å². The van der Waals surface area contributed by atoms with E-state index in [1.807, 2.05) is 29.2 Å². The molecule has 0 saturated carbocycles. The van der Waals surface area contributed by atoms with Gasteiger partial charge in [0.25, 0.3) is 0 Å². The highest BCUT2D eigenvalue weighted by Gasteiger charge is 2.24. The second kappa shape index (κ2) is 10.1. The number of hydrogen-bond acceptors (Lipinski definition) is 4. The molecule has 1 aromatic carbocycles. The van der Waals surface area contributed by atoms with Gasteiger partial charge in [-0.15, -0.1) is 0 Å². The molecule has 0 atom stereocenters. The molecule has 3 rings (SSSR count). The van der Waals surface area contributed by atoms with Crippen LogP contribution in [0.2, 0.25) is 0 Å². The number of nitriles is 1. The lowest BCUT2D eigenvalue weighted by atomic mass is 10.1. The highest BCUT2D eigenvalue weighted by atomic mass is 16.2. The zero-order chi connectivity index (χ0) is 19.8. The van der Waals surface area contributed by atoms with Crippen molar-refractivity contribution >= 4 is 11.9 Å². The summed E-state index contributed by atoms with van der Waals surface area (Å²) in [4.78, 5) is 23.4. The topological polar surface area (TPSA) is 75.0 Å². The Labute approximate surface area is 167 Å². The van der Waals surface area contributed by atoms with Crippen molar-refractivity contribution in [2.24, 2.45) is 4.99 Å². The number of nitrogens with zero attached hydrogens (tertiary/aromatic N) is 5. The van der Waals surface area contributed by atoms with Crippen molar-refractivity contribution in [3.8, 4) is 6.07 Å². The Kier molecular flexibility index (Phi) is 7.26. The van der Waals surface area contributed by atoms with Crippen LogP contribution in [0.4, 0.5) is 0 Å². The fourth-order valence-corrected chi connectivity index (χ4v) is 3.82. The Hall–Kier alpha value is -2.59. The molecule has 1 N–H and O–H groups in total. The maximum atomic E-state index is 12.5. The molecule has 0 bridgehead atoms. The Balaban J connectivity index is 1.44. The molecule has 28 heavy (non-hydrogen) atoms. The molecule has 2 saturated heterocycles. The molecule has 2 aliphatic heterocycles. The van der Waals surface area contributed by atoms with Gasteiger partial charge in [0.2, 0.25) is 5.91 Å². The lowest BCUT2D eigenvalue weighted by molar-refractivity contribution is -0.133. The zero-order valence-electron chi connectivity index (χ0n) is 16.7. The van der Waals surface area contributed by atoms with E-state index in [0.717, 1.165) is 63.6 Å². The van der Waals surface area contributed by atoms with E-state index < -0.39 is 0 Å². The first-order chi connectivity index (χ1) is 13.7. The Morgan fingerprint density at radius 3 is 2.54 bits per heavy atom. The molecule has 2 heterocycles. The van der Waals surface area contributed by atoms with Crippen molar-refractivity contribution < 1.29 is 4.79 Å². The second-order valence-electron chi connectivity index (χ2n) is 7.42. The van der Waals surface area contributed by atoms with Crippen molar-refractivity contribution in [3.05, 3.63) is 35.4 Å². The molecule has 0 spiro atoms. The number of piperidine rings is 1. The lowest BCUT2D eigenvalue weighted by Crippen LogP contribution is -2.54. The van der Waals surface area contributed by atoms with Gasteiger partial charge in [-0.2, -0.15) is 5.26 Å². The quantitative estimate of drug-likeness (QED) is 0.627. The van der Waals surface area contributed by atoms with Gasteiger partial charge in [-0.05, 0) is 37.0 Å². The van der Waals surface area contributed by atoms with E-state index in [1.54, 1.807) is 7.05 Å². The van der Waals surface area contributed by atoms with Crippen LogP contribution < -0.4 is 5.32 Å². The minimum atomic E-state index is 0.271. The highest BCUT2D eigenvalue weighted by Crippen LogP contribution is 2.10. The van der Waals surface area contributed by atoms with Crippen molar-refractivity contribution in [2.45, 2.75) is 25.8 Å². The summed E-state index contributed by atoms with van der Waals surface area (Å²) in [5, 5.41) is 12.4. The molecular weight excluding hydrogens is 352 g/mol. The minimum absolute atomic E-state index is 0.271. The van der Waals surface area contributed by atoms with Crippen LogP contribution in [0.15, 0.2) is 29.3 Å². The maximum Gasteiger partial charge on any atom is 0.236 e. The van der Waals surface area contributed by atoms with Crippen molar-refractivity contribution in [3.63, 3.8) is 0 Å². The van der Waals surface area contributed by atoms with Crippen molar-refractivity contribution in [1.29, 1.82) is 5.26 Å². The number of benzene rings is 1. The first kappa shape index (κ1) is 20.2. The van der Waals surface area contributed by atoms with E-state index in [4.69, 9.17) is 5.26 Å². The number of nitrogens with one attached hydrogen (secondary N) is 1. The van der Waals surface area contributed by atoms with E-state index >= 15 is 0 Å². The maximum absolute atomic E-state index is 12.5. The average molecular weight is 383 g/mol. The molecule has 2 fully saturated rings. The van der Waals surface area contributed by atoms with Gasteiger partial charge >= 0.3 is 0 Å². The number of carbonyl (C=O) groups is 1. The summed E-state index contributed by atoms with van der Waals surface area (Å²) in [7, 11) is 1.79. The first-order valence-corrected chi connectivity index (χ1v) is 10.1. The number of aliphatic imine (C=N–C) groups is 1. The SMILES string of the molecule is CN=C(NCc1cccc(C#N)c1)N1CCN(CC(=O)N2CCCCC2)CC1. The summed E-state index contributed by atoms with van der Waals surface area (Å²) in [6, 6.07) is 9.78. The minimum Gasteiger partial charge on any atom is -0.352 e. The van der Waals surface area contributed by atoms with Gasteiger partial charge in [-0.3, -0.25) is 14.7 Å². The molecule has 7 nitrogen and oxygen atoms in total. The van der Waals surface area contributed by atoms with E-state index in [-0.39, 0.29) is 5.91 Å². The van der Waals surface area contributed by atoms with E-state index in [1.165, 1.54) is 6.42 Å². The standard InChI is InChI=1S/C21H30N6O/c1-23-21(24-16-19-7-5-6-18(14-19)15-22)27-12-10-25(11-13-27)17-20(28)26-8-3-2-4-9-26/h5-7,14H,2-4,8-13,16-17H2,1H3,(H,23,24). The fourth-order valence-electron chi connectivity index (χ4n) is 3.82. The molecule has 2 aliphatic rings. The molecule has 7 heteroatoms. The summed E-state index contributed by atoms with van der Waals surface area (Å²) in [6.07, 6.45) is 3.52. The van der Waals surface area contributed by atoms with Crippen LogP contribution in [0.25, 0.3) is 0 Å². The van der Waals surface area contributed by atoms with Gasteiger partial charge in [-0.25, -0.2) is 0 Å². The normalized spacial score (nSPS) is 18.6. The van der Waals surface area contributed by atoms with Crippen LogP contribution in [-0.2, 0) is 11.3 Å². The largest absolute Gasteiger partial charge is 0.352 e. The predicted molar refractivity (Wildman–Crippen MR) is 110 cm³/mol. The summed E-state index contributed by atoms with van der Waals surface area (Å²) < 4.78 is 0. The van der Waals surface area contributed by atoms with Gasteiger partial charge < -0.3 is 15.1 Å². The molecule has 1 amide bonds. The van der Waals surface area contributed by atoms with Crippen LogP contribution in [0.3, 0.4) is 0 Å². The van der Waals surface area contributed by atoms with Crippen LogP contribution in [-0.4, -0.2) is 79.4 Å². The number of rotatable bonds is 4. The van der Waals surface area contributed by atoms with Crippen LogP contribution >= 0.6 is 0 Å². The number of hydrogen-bond donors (Lipinski definition) is 1. The molecule has 150 valence electrons. The number of amides is 1. The average Bonchev–Trinajstić information content (AvgIpc) is 2.76. The third-order valence-corrected chi connectivity index (χ3v) is 5.46. The molecule has 0 radical (unpaired) electrons. The van der Waals surface area contributed by atoms with Crippen LogP contribution in [0.1, 0.15) is 30.4 Å². The monoisotopic (exact) mass is 382 g/mol. The van der Waals surface area contributed by atoms with Gasteiger partial charge in [-0.1, -0.05) is 12.1 Å². The Morgan fingerprint density at radius 2 is 1.86 bits per heavy atom. The smallest absolute Gasteiger partial charge is 0.236 e. The fraction of sp³-hybridized carbons (Fsp3) is 0.571.